The Kier molecular flexibility index (Phi) is 7.67. The van der Waals surface area contributed by atoms with E-state index in [1.54, 1.807) is 12.2 Å². The lowest BCUT2D eigenvalue weighted by molar-refractivity contribution is -0.300. The standard InChI is InChI=1S/C28H34O2S2/c1-15(2)23-11-19(12-24(31-23)16(3)4)9-21-27(29)22(28(21)30)10-20-13-25(17(5)6)32-26(14-20)18(7)8/h9-18H,1-8H3. The molecule has 32 heavy (non-hydrogen) atoms. The second kappa shape index (κ2) is 9.93. The van der Waals surface area contributed by atoms with Crippen LogP contribution in [0.4, 0.5) is 0 Å². The highest BCUT2D eigenvalue weighted by molar-refractivity contribution is 8.06. The quantitative estimate of drug-likeness (QED) is 0.320. The highest BCUT2D eigenvalue weighted by Crippen LogP contribution is 2.41. The maximum absolute atomic E-state index is 12.9. The van der Waals surface area contributed by atoms with Gasteiger partial charge in [0.2, 0.25) is 21.1 Å². The van der Waals surface area contributed by atoms with Gasteiger partial charge in [0.25, 0.3) is 0 Å². The van der Waals surface area contributed by atoms with Gasteiger partial charge in [0.05, 0.1) is 0 Å². The third kappa shape index (κ3) is 5.35. The van der Waals surface area contributed by atoms with Crippen molar-refractivity contribution in [3.05, 3.63) is 78.0 Å². The van der Waals surface area contributed by atoms with Gasteiger partial charge in [-0.1, -0.05) is 72.9 Å². The van der Waals surface area contributed by atoms with Crippen LogP contribution in [0.2, 0.25) is 0 Å². The van der Waals surface area contributed by atoms with Crippen LogP contribution in [-0.4, -0.2) is 5.78 Å². The minimum Gasteiger partial charge on any atom is -0.871 e. The fraction of sp³-hybridized carbons (Fsp3) is 0.429. The van der Waals surface area contributed by atoms with Crippen LogP contribution in [0.3, 0.4) is 0 Å². The summed E-state index contributed by atoms with van der Waals surface area (Å²) in [5.41, 5.74) is 2.47. The van der Waals surface area contributed by atoms with Crippen LogP contribution in [0.5, 0.6) is 0 Å². The first kappa shape index (κ1) is 24.7. The molecule has 0 saturated carbocycles. The Labute approximate surface area is 201 Å². The van der Waals surface area contributed by atoms with Crippen molar-refractivity contribution in [1.82, 2.24) is 0 Å². The Hall–Kier alpha value is -1.91. The first-order chi connectivity index (χ1) is 15.0. The molecule has 0 saturated heterocycles. The smallest absolute Gasteiger partial charge is 0.218 e. The van der Waals surface area contributed by atoms with Crippen molar-refractivity contribution in [2.75, 3.05) is 0 Å². The number of allylic oxidation sites excluding steroid dienone is 8. The largest absolute Gasteiger partial charge is 0.871 e. The van der Waals surface area contributed by atoms with Gasteiger partial charge in [-0.15, -0.1) is 0 Å². The molecule has 0 bridgehead atoms. The number of rotatable bonds is 6. The zero-order valence-corrected chi connectivity index (χ0v) is 22.0. The monoisotopic (exact) mass is 466 g/mol. The molecule has 170 valence electrons. The second-order valence-electron chi connectivity index (χ2n) is 9.78. The van der Waals surface area contributed by atoms with Gasteiger partial charge >= 0.3 is 0 Å². The van der Waals surface area contributed by atoms with Gasteiger partial charge in [0.15, 0.2) is 5.78 Å². The Morgan fingerprint density at radius 3 is 1.72 bits per heavy atom. The van der Waals surface area contributed by atoms with E-state index in [0.29, 0.717) is 34.8 Å². The third-order valence-corrected chi connectivity index (χ3v) is 8.88. The first-order valence-electron chi connectivity index (χ1n) is 11.5. The lowest BCUT2D eigenvalue weighted by atomic mass is 9.85. The Balaban J connectivity index is 1.99. The average Bonchev–Trinajstić information content (AvgIpc) is 2.74. The topological polar surface area (TPSA) is 40.1 Å². The molecule has 2 aliphatic rings. The maximum Gasteiger partial charge on any atom is 0.218 e. The molecular formula is C28H34O2S2. The van der Waals surface area contributed by atoms with E-state index in [1.807, 2.05) is 23.1 Å². The summed E-state index contributed by atoms with van der Waals surface area (Å²) >= 11 is 3.61. The molecule has 0 radical (unpaired) electrons. The zero-order valence-electron chi connectivity index (χ0n) is 20.4. The van der Waals surface area contributed by atoms with E-state index in [4.69, 9.17) is 0 Å². The van der Waals surface area contributed by atoms with Gasteiger partial charge in [-0.2, -0.15) is 0 Å². The Bertz CT molecular complexity index is 1020. The van der Waals surface area contributed by atoms with Crippen molar-refractivity contribution >= 4 is 35.0 Å². The molecule has 1 aromatic heterocycles. The van der Waals surface area contributed by atoms with Gasteiger partial charge < -0.3 is 5.11 Å². The molecule has 3 rings (SSSR count). The highest BCUT2D eigenvalue weighted by Gasteiger charge is 2.27. The number of Topliss-reactive ketones (excluding diaryl/α,β-unsaturated/α-hetero) is 1. The summed E-state index contributed by atoms with van der Waals surface area (Å²) in [5, 5.41) is 12.9. The summed E-state index contributed by atoms with van der Waals surface area (Å²) in [4.78, 5) is 18.0. The fourth-order valence-electron chi connectivity index (χ4n) is 3.46. The van der Waals surface area contributed by atoms with Crippen LogP contribution in [0.1, 0.15) is 82.5 Å². The molecule has 0 amide bonds. The summed E-state index contributed by atoms with van der Waals surface area (Å²) in [5.74, 6) is 1.33. The molecule has 1 aliphatic carbocycles. The molecular weight excluding hydrogens is 432 g/mol. The molecule has 0 aromatic carbocycles. The van der Waals surface area contributed by atoms with Gasteiger partial charge in [-0.25, -0.2) is 0 Å². The Morgan fingerprint density at radius 1 is 0.812 bits per heavy atom. The highest BCUT2D eigenvalue weighted by atomic mass is 32.2. The lowest BCUT2D eigenvalue weighted by Crippen LogP contribution is -2.29. The van der Waals surface area contributed by atoms with Crippen LogP contribution in [0.15, 0.2) is 62.6 Å². The normalized spacial score (nSPS) is 18.2. The van der Waals surface area contributed by atoms with Crippen LogP contribution in [0, 0.1) is 11.8 Å². The number of hydrogen-bond donors (Lipinski definition) is 0. The molecule has 0 fully saturated rings. The number of thioether (sulfide) groups is 1. The van der Waals surface area contributed by atoms with Gasteiger partial charge in [0, 0.05) is 35.1 Å². The molecule has 0 N–H and O–H groups in total. The third-order valence-electron chi connectivity index (χ3n) is 5.58. The van der Waals surface area contributed by atoms with Gasteiger partial charge in [-0.3, -0.25) is 4.79 Å². The zero-order chi connectivity index (χ0) is 23.7. The molecule has 0 atom stereocenters. The molecule has 4 heteroatoms. The predicted molar refractivity (Wildman–Crippen MR) is 138 cm³/mol. The maximum atomic E-state index is 12.9. The van der Waals surface area contributed by atoms with E-state index < -0.39 is 0 Å². The summed E-state index contributed by atoms with van der Waals surface area (Å²) in [6.07, 6.45) is 7.77. The second-order valence-corrected chi connectivity index (χ2v) is 12.1. The SMILES string of the molecule is CC(C)C1=CC(=CC2=C([O-])C(=Cc3cc(C(C)C)[s+]c(C(C)C)c3)C2=O)C=C(C(C)C)S1. The fourth-order valence-corrected chi connectivity index (χ4v) is 5.73. The molecule has 1 aromatic rings. The summed E-state index contributed by atoms with van der Waals surface area (Å²) < 4.78 is 0. The average molecular weight is 467 g/mol. The van der Waals surface area contributed by atoms with E-state index in [2.05, 4.69) is 79.7 Å². The first-order valence-corrected chi connectivity index (χ1v) is 13.1. The van der Waals surface area contributed by atoms with Crippen molar-refractivity contribution < 1.29 is 9.90 Å². The summed E-state index contributed by atoms with van der Waals surface area (Å²) in [7, 11) is 0. The van der Waals surface area contributed by atoms with E-state index >= 15 is 0 Å². The van der Waals surface area contributed by atoms with Crippen molar-refractivity contribution in [2.45, 2.75) is 67.2 Å². The predicted octanol–water partition coefficient (Wildman–Crippen LogP) is 7.61. The van der Waals surface area contributed by atoms with E-state index in [-0.39, 0.29) is 11.5 Å². The van der Waals surface area contributed by atoms with Gasteiger partial charge in [0.1, 0.15) is 0 Å². The van der Waals surface area contributed by atoms with Crippen LogP contribution in [0.25, 0.3) is 6.08 Å². The van der Waals surface area contributed by atoms with Crippen molar-refractivity contribution in [3.8, 4) is 0 Å². The van der Waals surface area contributed by atoms with Crippen LogP contribution in [-0.2, 0) is 4.79 Å². The van der Waals surface area contributed by atoms with Crippen molar-refractivity contribution in [1.29, 1.82) is 0 Å². The minimum absolute atomic E-state index is 0.149. The molecule has 0 unspecified atom stereocenters. The number of hydrogen-bond acceptors (Lipinski definition) is 3. The van der Waals surface area contributed by atoms with E-state index in [0.717, 1.165) is 11.1 Å². The molecule has 0 spiro atoms. The number of ketones is 1. The summed E-state index contributed by atoms with van der Waals surface area (Å²) in [6, 6.07) is 4.22. The molecule has 1 aliphatic heterocycles. The number of carbonyl (C=O) groups is 1. The minimum atomic E-state index is -0.149. The van der Waals surface area contributed by atoms with Crippen molar-refractivity contribution in [3.63, 3.8) is 0 Å². The summed E-state index contributed by atoms with van der Waals surface area (Å²) in [6.45, 7) is 17.4. The van der Waals surface area contributed by atoms with E-state index in [1.165, 1.54) is 19.6 Å². The van der Waals surface area contributed by atoms with E-state index in [9.17, 15) is 9.90 Å². The Morgan fingerprint density at radius 2 is 1.31 bits per heavy atom. The molecule has 2 heterocycles. The van der Waals surface area contributed by atoms with Crippen molar-refractivity contribution in [2.24, 2.45) is 11.8 Å². The van der Waals surface area contributed by atoms with Crippen LogP contribution >= 0.6 is 23.1 Å². The lowest BCUT2D eigenvalue weighted by Gasteiger charge is -2.29. The van der Waals surface area contributed by atoms with Gasteiger partial charge in [-0.05, 0) is 57.1 Å². The number of carbonyl (C=O) groups excluding carboxylic acids is 1. The molecule has 2 nitrogen and oxygen atoms in total. The van der Waals surface area contributed by atoms with Crippen LogP contribution < -0.4 is 5.11 Å².